The van der Waals surface area contributed by atoms with Gasteiger partial charge in [0.25, 0.3) is 0 Å². The molecule has 13 rings (SSSR count). The maximum atomic E-state index is 16.4. The molecule has 5 aromatic rings. The van der Waals surface area contributed by atoms with Crippen LogP contribution in [-0.2, 0) is 62.0 Å². The Morgan fingerprint density at radius 2 is 1.28 bits per heavy atom. The molecule has 3 fully saturated rings. The van der Waals surface area contributed by atoms with Gasteiger partial charge in [0.2, 0.25) is 53.4 Å². The average molecular weight is 1590 g/mol. The summed E-state index contributed by atoms with van der Waals surface area (Å²) >= 11 is 14.5. The van der Waals surface area contributed by atoms with Gasteiger partial charge in [-0.05, 0) is 110 Å². The predicted molar refractivity (Wildman–Crippen MR) is 385 cm³/mol. The van der Waals surface area contributed by atoms with Gasteiger partial charge in [0, 0.05) is 52.6 Å². The van der Waals surface area contributed by atoms with Gasteiger partial charge < -0.3 is 144 Å². The van der Waals surface area contributed by atoms with Gasteiger partial charge >= 0.3 is 5.97 Å². The van der Waals surface area contributed by atoms with E-state index in [1.165, 1.54) is 51.1 Å². The van der Waals surface area contributed by atoms with E-state index in [-0.39, 0.29) is 59.2 Å². The Balaban J connectivity index is 1.19. The van der Waals surface area contributed by atoms with Crippen molar-refractivity contribution in [2.45, 2.75) is 194 Å². The third-order valence-corrected chi connectivity index (χ3v) is 20.7. The highest BCUT2D eigenvalue weighted by Crippen LogP contribution is 2.50. The zero-order chi connectivity index (χ0) is 80.9. The van der Waals surface area contributed by atoms with Crippen molar-refractivity contribution in [3.63, 3.8) is 0 Å². The third-order valence-electron chi connectivity index (χ3n) is 20.1. The summed E-state index contributed by atoms with van der Waals surface area (Å²) in [4.78, 5) is 119. The van der Waals surface area contributed by atoms with Gasteiger partial charge in [-0.15, -0.1) is 0 Å². The number of amides is 7. The number of carboxylic acids is 1. The summed E-state index contributed by atoms with van der Waals surface area (Å²) in [7, 11) is 0. The maximum absolute atomic E-state index is 16.4. The topological polar surface area (TPSA) is 589 Å². The van der Waals surface area contributed by atoms with Crippen LogP contribution in [0.1, 0.15) is 125 Å². The van der Waals surface area contributed by atoms with Crippen LogP contribution in [0.2, 0.25) is 10.0 Å². The number of rotatable bonds is 14. The minimum Gasteiger partial charge on any atom is -0.508 e. The number of phenolic OH excluding ortho intramolecular Hbond substituents is 3. The highest BCUT2D eigenvalue weighted by Gasteiger charge is 2.52. The molecule has 8 heterocycles. The van der Waals surface area contributed by atoms with Gasteiger partial charge in [0.1, 0.15) is 89.5 Å². The molecule has 24 N–H and O–H groups in total. The number of carboxylic acid groups (broad SMARTS) is 1. The fourth-order valence-electron chi connectivity index (χ4n) is 14.2. The summed E-state index contributed by atoms with van der Waals surface area (Å²) in [5, 5.41) is 129. The molecule has 0 spiro atoms. The Morgan fingerprint density at radius 3 is 1.90 bits per heavy atom. The lowest BCUT2D eigenvalue weighted by Gasteiger charge is -2.47. The van der Waals surface area contributed by atoms with Crippen LogP contribution in [0.25, 0.3) is 11.1 Å². The second-order valence-electron chi connectivity index (χ2n) is 29.5. The first-order valence-electron chi connectivity index (χ1n) is 35.3. The zero-order valence-electron chi connectivity index (χ0n) is 60.4. The molecule has 11 bridgehead atoms. The Labute approximate surface area is 643 Å². The van der Waals surface area contributed by atoms with Crippen LogP contribution in [0.5, 0.6) is 46.0 Å². The average Bonchev–Trinajstić information content (AvgIpc) is 0.951. The molecule has 38 heteroatoms. The summed E-state index contributed by atoms with van der Waals surface area (Å²) < 4.78 is 51.7. The number of primary amides is 1. The number of hydrogen-bond donors (Lipinski definition) is 20. The molecular formula is C73H88Cl2N10O26. The van der Waals surface area contributed by atoms with Crippen LogP contribution in [0, 0.1) is 11.8 Å². The van der Waals surface area contributed by atoms with Crippen molar-refractivity contribution in [2.24, 2.45) is 34.8 Å². The van der Waals surface area contributed by atoms with Gasteiger partial charge in [-0.25, -0.2) is 4.79 Å². The van der Waals surface area contributed by atoms with Gasteiger partial charge in [-0.1, -0.05) is 62.2 Å². The standard InChI is InChI=1S/C73H88Cl2N10O26/c1-26(2)13-38(76)64(96)84-54-56(91)30-8-11-42(36(74)15-30)106-44-17-32-18-45(60(44)111-71-61(58(93)57(92)46(24-86)108-71)110-49-23-73(6,79)63(95)28(4)105-49)107-43-12-9-31(16-37(43)75)59(109-48-22-72(5,78)62(94)27(3)25-104-48)55-69(101)83-53(70(102)103)35-19-33(87)20-41(89)50(35)34-14-29(7-10-40(34)88)51(66(98)85-55)82-67(99)52(32)81-65(97)39(21-47(77)90)80-68(54)100/h7-12,14-20,26-28,38-39,46,48-49,51-59,61-63,71,86-89,91-95H,13,21-25,76,78-79H2,1-6H3,(H2,77,90)(H,80,100)(H,81,97)(H,82,99)(H,83,101)(H,84,96)(H,85,98)(H,102,103)/t27?,28?,38-,39+,46?,48-,49?,51?,52-,53-,54?,55+,56-,57?,58?,59-,61?,62?,63?,71?,72?,73?/m1/s1. The summed E-state index contributed by atoms with van der Waals surface area (Å²) in [5.74, 6) is -17.1. The maximum Gasteiger partial charge on any atom is 0.330 e. The molecule has 36 nitrogen and oxygen atoms in total. The number of carbonyl (C=O) groups excluding carboxylic acids is 7. The van der Waals surface area contributed by atoms with Crippen molar-refractivity contribution in [2.75, 3.05) is 13.2 Å². The lowest BCUT2D eigenvalue weighted by atomic mass is 9.85. The fourth-order valence-corrected chi connectivity index (χ4v) is 14.7. The normalized spacial score (nSPS) is 32.2. The van der Waals surface area contributed by atoms with E-state index < -0.39 is 261 Å². The van der Waals surface area contributed by atoms with Crippen LogP contribution in [0.15, 0.2) is 78.9 Å². The van der Waals surface area contributed by atoms with Crippen molar-refractivity contribution in [1.29, 1.82) is 0 Å². The third kappa shape index (κ3) is 17.8. The van der Waals surface area contributed by atoms with Crippen LogP contribution in [0.4, 0.5) is 0 Å². The molecule has 22 atom stereocenters. The lowest BCUT2D eigenvalue weighted by Crippen LogP contribution is -2.64. The highest BCUT2D eigenvalue weighted by atomic mass is 35.5. The molecule has 8 aliphatic rings. The molecule has 14 unspecified atom stereocenters. The van der Waals surface area contributed by atoms with E-state index in [4.69, 9.17) is 84.0 Å². The number of benzene rings is 5. The number of phenols is 3. The van der Waals surface area contributed by atoms with E-state index in [1.807, 2.05) is 0 Å². The van der Waals surface area contributed by atoms with Crippen molar-refractivity contribution in [3.8, 4) is 57.1 Å². The number of aliphatic hydroxyl groups excluding tert-OH is 6. The van der Waals surface area contributed by atoms with Crippen LogP contribution < -0.4 is 69.0 Å². The largest absolute Gasteiger partial charge is 0.508 e. The fraction of sp³-hybridized carbons (Fsp3) is 0.479. The molecular weight excluding hydrogens is 1500 g/mol. The summed E-state index contributed by atoms with van der Waals surface area (Å²) in [6, 6.07) is -0.910. The second kappa shape index (κ2) is 33.2. The van der Waals surface area contributed by atoms with Gasteiger partial charge in [-0.2, -0.15) is 0 Å². The quantitative estimate of drug-likeness (QED) is 0.0712. The van der Waals surface area contributed by atoms with Crippen molar-refractivity contribution >= 4 is 70.5 Å². The zero-order valence-corrected chi connectivity index (χ0v) is 62.0. The van der Waals surface area contributed by atoms with Crippen molar-refractivity contribution in [3.05, 3.63) is 117 Å². The number of aliphatic carboxylic acids is 1. The summed E-state index contributed by atoms with van der Waals surface area (Å²) in [6.45, 7) is 8.41. The number of aromatic hydroxyl groups is 3. The number of carbonyl (C=O) groups is 8. The predicted octanol–water partition coefficient (Wildman–Crippen LogP) is 0.331. The molecule has 0 aliphatic carbocycles. The number of halogens is 2. The van der Waals surface area contributed by atoms with Gasteiger partial charge in [-0.3, -0.25) is 33.6 Å². The van der Waals surface area contributed by atoms with E-state index in [1.54, 1.807) is 20.8 Å². The smallest absolute Gasteiger partial charge is 0.330 e. The number of ether oxygens (including phenoxy) is 8. The molecule has 600 valence electrons. The highest BCUT2D eigenvalue weighted by molar-refractivity contribution is 6.32. The van der Waals surface area contributed by atoms with Crippen LogP contribution in [0.3, 0.4) is 0 Å². The molecule has 7 amide bonds. The summed E-state index contributed by atoms with van der Waals surface area (Å²) in [6.07, 6.45) is -21.8. The van der Waals surface area contributed by atoms with Crippen molar-refractivity contribution < 1.29 is 127 Å². The molecule has 3 saturated heterocycles. The Kier molecular flexibility index (Phi) is 24.7. The number of hydrogen-bond acceptors (Lipinski definition) is 28. The van der Waals surface area contributed by atoms with E-state index in [0.29, 0.717) is 0 Å². The minimum atomic E-state index is -2.39. The Bertz CT molecular complexity index is 4420. The van der Waals surface area contributed by atoms with E-state index in [9.17, 15) is 70.2 Å². The second-order valence-corrected chi connectivity index (χ2v) is 30.3. The molecule has 5 aromatic carbocycles. The first kappa shape index (κ1) is 82.6. The SMILES string of the molecule is CC(C)C[C@@H](N)C(=O)NC1C(=O)N[C@@H](CC(N)=O)C(=O)N[C@H]2C(=O)NC3C(=O)N[C@H](C(=O)N[C@@H](C(=O)O)c4cc(O)cc(O)c4-c4cc3ccc4O)[C@H](O[C@@H]3CC(C)(N)C(O)C(C)CO3)c3ccc(c(Cl)c3)Oc3cc2cc(c3OC2OC(CO)C(O)C(O)C2OC2CC(C)(N)C(O)C(C)O2)Oc2ccc(cc2Cl)[C@H]1O. The summed E-state index contributed by atoms with van der Waals surface area (Å²) in [5.41, 5.74) is 19.6. The number of aliphatic hydroxyl groups is 6. The molecule has 111 heavy (non-hydrogen) atoms. The number of nitrogens with one attached hydrogen (secondary N) is 6. The Morgan fingerprint density at radius 1 is 0.676 bits per heavy atom. The molecule has 0 radical (unpaired) electrons. The molecule has 0 aromatic heterocycles. The van der Waals surface area contributed by atoms with E-state index in [2.05, 4.69) is 31.9 Å². The van der Waals surface area contributed by atoms with Crippen LogP contribution in [-0.4, -0.2) is 208 Å². The van der Waals surface area contributed by atoms with Gasteiger partial charge in [0.15, 0.2) is 36.2 Å². The molecule has 8 aliphatic heterocycles. The monoisotopic (exact) mass is 1590 g/mol. The number of fused-ring (bicyclic) bond motifs is 15. The molecule has 0 saturated carbocycles. The van der Waals surface area contributed by atoms with Crippen molar-refractivity contribution in [1.82, 2.24) is 31.9 Å². The van der Waals surface area contributed by atoms with E-state index >= 15 is 19.2 Å². The lowest BCUT2D eigenvalue weighted by molar-refractivity contribution is -0.333. The minimum absolute atomic E-state index is 0.0638. The first-order valence-corrected chi connectivity index (χ1v) is 36.1. The Hall–Kier alpha value is -9.32. The van der Waals surface area contributed by atoms with Crippen LogP contribution >= 0.6 is 23.2 Å². The number of nitrogens with two attached hydrogens (primary N) is 4. The van der Waals surface area contributed by atoms with E-state index in [0.717, 1.165) is 48.5 Å². The van der Waals surface area contributed by atoms with Gasteiger partial charge in [0.05, 0.1) is 54.0 Å². The first-order chi connectivity index (χ1) is 52.2.